The van der Waals surface area contributed by atoms with E-state index < -0.39 is 10.7 Å². The van der Waals surface area contributed by atoms with Crippen molar-refractivity contribution in [1.29, 1.82) is 0 Å². The number of carbonyl (C=O) groups excluding carboxylic acids is 2. The van der Waals surface area contributed by atoms with Crippen molar-refractivity contribution >= 4 is 23.6 Å². The number of rotatable bonds is 8. The van der Waals surface area contributed by atoms with Crippen LogP contribution in [0.4, 0.5) is 0 Å². The minimum Gasteiger partial charge on any atom is -0.369 e. The molecule has 0 saturated carbocycles. The molecule has 1 unspecified atom stereocenters. The summed E-state index contributed by atoms with van der Waals surface area (Å²) >= 11 is 1.28. The van der Waals surface area contributed by atoms with E-state index in [1.165, 1.54) is 11.8 Å². The average molecular weight is 246 g/mol. The van der Waals surface area contributed by atoms with E-state index >= 15 is 0 Å². The van der Waals surface area contributed by atoms with Gasteiger partial charge in [0.2, 0.25) is 11.8 Å². The Hall–Kier alpha value is -0.710. The van der Waals surface area contributed by atoms with Gasteiger partial charge < -0.3 is 11.5 Å². The van der Waals surface area contributed by atoms with Crippen LogP contribution in [0.2, 0.25) is 0 Å². The van der Waals surface area contributed by atoms with Crippen molar-refractivity contribution in [3.05, 3.63) is 0 Å². The Bertz CT molecular complexity index is 256. The van der Waals surface area contributed by atoms with Gasteiger partial charge in [0, 0.05) is 0 Å². The second kappa shape index (κ2) is 6.78. The number of hydrogen-bond donors (Lipinski definition) is 2. The summed E-state index contributed by atoms with van der Waals surface area (Å²) in [5.74, 6) is -0.0931. The molecule has 0 radical (unpaired) electrons. The number of hydrogen-bond acceptors (Lipinski definition) is 3. The molecule has 0 heterocycles. The first-order valence-electron chi connectivity index (χ1n) is 5.56. The lowest BCUT2D eigenvalue weighted by molar-refractivity contribution is -0.120. The summed E-state index contributed by atoms with van der Waals surface area (Å²) in [6, 6.07) is 0. The van der Waals surface area contributed by atoms with Crippen LogP contribution in [0.25, 0.3) is 0 Å². The molecule has 16 heavy (non-hydrogen) atoms. The van der Waals surface area contributed by atoms with Crippen LogP contribution in [0.15, 0.2) is 0 Å². The summed E-state index contributed by atoms with van der Waals surface area (Å²) in [4.78, 5) is 22.3. The lowest BCUT2D eigenvalue weighted by atomic mass is 9.94. The molecule has 94 valence electrons. The number of amides is 2. The molecule has 0 aromatic carbocycles. The largest absolute Gasteiger partial charge is 0.369 e. The fourth-order valence-electron chi connectivity index (χ4n) is 1.45. The number of thioether (sulfide) groups is 1. The first kappa shape index (κ1) is 15.3. The van der Waals surface area contributed by atoms with Crippen molar-refractivity contribution in [2.75, 3.05) is 5.75 Å². The molecule has 5 heteroatoms. The predicted molar refractivity (Wildman–Crippen MR) is 67.9 cm³/mol. The molecule has 0 rings (SSSR count). The predicted octanol–water partition coefficient (Wildman–Crippen LogP) is 1.28. The van der Waals surface area contributed by atoms with E-state index in [-0.39, 0.29) is 11.7 Å². The fourth-order valence-corrected chi connectivity index (χ4v) is 2.48. The maximum Gasteiger partial charge on any atom is 0.233 e. The van der Waals surface area contributed by atoms with Crippen LogP contribution in [-0.4, -0.2) is 22.3 Å². The van der Waals surface area contributed by atoms with Crippen LogP contribution in [0, 0.1) is 5.92 Å². The Kier molecular flexibility index (Phi) is 6.48. The summed E-state index contributed by atoms with van der Waals surface area (Å²) in [7, 11) is 0. The van der Waals surface area contributed by atoms with Gasteiger partial charge in [0.15, 0.2) is 0 Å². The Labute approximate surface area is 102 Å². The fraction of sp³-hybridized carbons (Fsp3) is 0.818. The maximum atomic E-state index is 11.5. The Morgan fingerprint density at radius 3 is 2.19 bits per heavy atom. The topological polar surface area (TPSA) is 86.2 Å². The molecule has 0 aliphatic rings. The first-order valence-corrected chi connectivity index (χ1v) is 6.54. The summed E-state index contributed by atoms with van der Waals surface area (Å²) in [5, 5.41) is 0. The van der Waals surface area contributed by atoms with Crippen LogP contribution < -0.4 is 11.5 Å². The van der Waals surface area contributed by atoms with Gasteiger partial charge in [-0.1, -0.05) is 20.8 Å². The molecule has 1 atom stereocenters. The van der Waals surface area contributed by atoms with Crippen molar-refractivity contribution in [2.24, 2.45) is 17.4 Å². The lowest BCUT2D eigenvalue weighted by Crippen LogP contribution is -2.41. The van der Waals surface area contributed by atoms with Gasteiger partial charge in [0.1, 0.15) is 0 Å². The Morgan fingerprint density at radius 2 is 1.88 bits per heavy atom. The van der Waals surface area contributed by atoms with Crippen LogP contribution in [0.3, 0.4) is 0 Å². The number of nitrogens with two attached hydrogens (primary N) is 2. The second-order valence-electron chi connectivity index (χ2n) is 4.40. The minimum atomic E-state index is -0.640. The zero-order valence-electron chi connectivity index (χ0n) is 10.3. The molecular formula is C11H22N2O2S. The molecule has 0 saturated heterocycles. The van der Waals surface area contributed by atoms with E-state index in [1.54, 1.807) is 0 Å². The van der Waals surface area contributed by atoms with E-state index in [0.717, 1.165) is 6.42 Å². The average Bonchev–Trinajstić information content (AvgIpc) is 2.17. The summed E-state index contributed by atoms with van der Waals surface area (Å²) in [6.45, 7) is 6.11. The molecule has 0 spiro atoms. The van der Waals surface area contributed by atoms with Gasteiger partial charge in [-0.2, -0.15) is 0 Å². The van der Waals surface area contributed by atoms with Crippen molar-refractivity contribution < 1.29 is 9.59 Å². The van der Waals surface area contributed by atoms with Gasteiger partial charge in [-0.3, -0.25) is 9.59 Å². The highest BCUT2D eigenvalue weighted by atomic mass is 32.2. The summed E-state index contributed by atoms with van der Waals surface area (Å²) < 4.78 is -0.640. The summed E-state index contributed by atoms with van der Waals surface area (Å²) in [6.07, 6.45) is 2.25. The number of primary amides is 2. The molecule has 2 amide bonds. The monoisotopic (exact) mass is 246 g/mol. The Balaban J connectivity index is 4.57. The smallest absolute Gasteiger partial charge is 0.233 e. The third-order valence-electron chi connectivity index (χ3n) is 2.64. The third kappa shape index (κ3) is 4.88. The van der Waals surface area contributed by atoms with E-state index in [0.29, 0.717) is 18.8 Å². The van der Waals surface area contributed by atoms with E-state index in [1.807, 2.05) is 6.92 Å². The van der Waals surface area contributed by atoms with Gasteiger partial charge in [-0.05, 0) is 25.2 Å². The molecular weight excluding hydrogens is 224 g/mol. The van der Waals surface area contributed by atoms with Crippen LogP contribution >= 0.6 is 11.8 Å². The molecule has 0 aliphatic heterocycles. The van der Waals surface area contributed by atoms with Gasteiger partial charge >= 0.3 is 0 Å². The van der Waals surface area contributed by atoms with Gasteiger partial charge in [0.25, 0.3) is 0 Å². The summed E-state index contributed by atoms with van der Waals surface area (Å²) in [5.41, 5.74) is 10.5. The zero-order chi connectivity index (χ0) is 12.8. The standard InChI is InChI=1S/C11H22N2O2S/c1-4-11(10(13)15,6-5-8(2)3)16-7-9(12)14/h8H,4-7H2,1-3H3,(H2,12,14)(H2,13,15). The highest BCUT2D eigenvalue weighted by molar-refractivity contribution is 8.02. The van der Waals surface area contributed by atoms with Gasteiger partial charge in [-0.25, -0.2) is 0 Å². The zero-order valence-corrected chi connectivity index (χ0v) is 11.1. The van der Waals surface area contributed by atoms with E-state index in [9.17, 15) is 9.59 Å². The Morgan fingerprint density at radius 1 is 1.31 bits per heavy atom. The molecule has 0 aromatic rings. The molecule has 4 nitrogen and oxygen atoms in total. The van der Waals surface area contributed by atoms with Crippen molar-refractivity contribution in [1.82, 2.24) is 0 Å². The maximum absolute atomic E-state index is 11.5. The number of carbonyl (C=O) groups is 2. The highest BCUT2D eigenvalue weighted by Crippen LogP contribution is 2.34. The van der Waals surface area contributed by atoms with E-state index in [2.05, 4.69) is 13.8 Å². The minimum absolute atomic E-state index is 0.148. The van der Waals surface area contributed by atoms with Crippen LogP contribution in [-0.2, 0) is 9.59 Å². The van der Waals surface area contributed by atoms with Crippen LogP contribution in [0.5, 0.6) is 0 Å². The van der Waals surface area contributed by atoms with Crippen LogP contribution in [0.1, 0.15) is 40.0 Å². The normalized spacial score (nSPS) is 14.8. The first-order chi connectivity index (χ1) is 7.34. The van der Waals surface area contributed by atoms with Gasteiger partial charge in [-0.15, -0.1) is 11.8 Å². The van der Waals surface area contributed by atoms with Crippen molar-refractivity contribution in [3.63, 3.8) is 0 Å². The van der Waals surface area contributed by atoms with E-state index in [4.69, 9.17) is 11.5 Å². The molecule has 0 fully saturated rings. The SMILES string of the molecule is CCC(CCC(C)C)(SCC(N)=O)C(N)=O. The molecule has 0 bridgehead atoms. The lowest BCUT2D eigenvalue weighted by Gasteiger charge is -2.29. The van der Waals surface area contributed by atoms with Crippen molar-refractivity contribution in [3.8, 4) is 0 Å². The highest BCUT2D eigenvalue weighted by Gasteiger charge is 2.35. The molecule has 4 N–H and O–H groups in total. The van der Waals surface area contributed by atoms with Crippen molar-refractivity contribution in [2.45, 2.75) is 44.8 Å². The molecule has 0 aliphatic carbocycles. The quantitative estimate of drug-likeness (QED) is 0.676. The van der Waals surface area contributed by atoms with Gasteiger partial charge in [0.05, 0.1) is 10.5 Å². The molecule has 0 aromatic heterocycles. The third-order valence-corrected chi connectivity index (χ3v) is 4.31. The second-order valence-corrected chi connectivity index (χ2v) is 5.76.